The van der Waals surface area contributed by atoms with Crippen LogP contribution in [0.4, 0.5) is 0 Å². The van der Waals surface area contributed by atoms with E-state index in [2.05, 4.69) is 5.32 Å². The quantitative estimate of drug-likeness (QED) is 0.757. The van der Waals surface area contributed by atoms with Crippen molar-refractivity contribution in [2.75, 3.05) is 34.5 Å². The SMILES string of the molecule is COc1ccc(C=CC(=O)NCC2COC(C)(C)O2)c(OC)c1OC. The first-order valence-corrected chi connectivity index (χ1v) is 7.97. The zero-order valence-electron chi connectivity index (χ0n) is 15.3. The molecule has 1 unspecified atom stereocenters. The number of ether oxygens (including phenoxy) is 5. The lowest BCUT2D eigenvalue weighted by Gasteiger charge is -2.17. The minimum Gasteiger partial charge on any atom is -0.493 e. The van der Waals surface area contributed by atoms with Crippen molar-refractivity contribution in [2.24, 2.45) is 0 Å². The van der Waals surface area contributed by atoms with Crippen molar-refractivity contribution in [3.63, 3.8) is 0 Å². The van der Waals surface area contributed by atoms with Crippen molar-refractivity contribution in [3.05, 3.63) is 23.8 Å². The molecule has 7 heteroatoms. The van der Waals surface area contributed by atoms with E-state index in [0.29, 0.717) is 36.0 Å². The molecule has 1 aromatic rings. The second-order valence-corrected chi connectivity index (χ2v) is 5.95. The van der Waals surface area contributed by atoms with Gasteiger partial charge in [0.15, 0.2) is 17.3 Å². The average Bonchev–Trinajstić information content (AvgIpc) is 2.95. The van der Waals surface area contributed by atoms with Crippen LogP contribution in [-0.4, -0.2) is 52.3 Å². The van der Waals surface area contributed by atoms with Gasteiger partial charge in [-0.1, -0.05) is 0 Å². The minimum atomic E-state index is -0.599. The molecule has 0 radical (unpaired) electrons. The summed E-state index contributed by atoms with van der Waals surface area (Å²) in [5, 5.41) is 2.79. The third-order valence-electron chi connectivity index (χ3n) is 3.72. The summed E-state index contributed by atoms with van der Waals surface area (Å²) < 4.78 is 27.0. The summed E-state index contributed by atoms with van der Waals surface area (Å²) >= 11 is 0. The summed E-state index contributed by atoms with van der Waals surface area (Å²) in [7, 11) is 4.62. The molecule has 0 spiro atoms. The number of carbonyl (C=O) groups is 1. The van der Waals surface area contributed by atoms with Gasteiger partial charge in [0.1, 0.15) is 6.10 Å². The molecule has 0 saturated carbocycles. The highest BCUT2D eigenvalue weighted by molar-refractivity contribution is 5.92. The number of hydrogen-bond donors (Lipinski definition) is 1. The minimum absolute atomic E-state index is 0.150. The first-order chi connectivity index (χ1) is 11.9. The van der Waals surface area contributed by atoms with Crippen LogP contribution < -0.4 is 19.5 Å². The molecule has 7 nitrogen and oxygen atoms in total. The molecule has 25 heavy (non-hydrogen) atoms. The average molecular weight is 351 g/mol. The normalized spacial score (nSPS) is 19.0. The summed E-state index contributed by atoms with van der Waals surface area (Å²) in [5.74, 6) is 0.705. The maximum atomic E-state index is 12.0. The summed E-state index contributed by atoms with van der Waals surface area (Å²) in [6, 6.07) is 3.55. The van der Waals surface area contributed by atoms with Gasteiger partial charge < -0.3 is 29.0 Å². The molecule has 1 N–H and O–H groups in total. The van der Waals surface area contributed by atoms with Gasteiger partial charge in [-0.05, 0) is 32.1 Å². The van der Waals surface area contributed by atoms with Crippen molar-refractivity contribution in [1.29, 1.82) is 0 Å². The Labute approximate surface area is 147 Å². The molecule has 0 aromatic heterocycles. The van der Waals surface area contributed by atoms with Crippen molar-refractivity contribution >= 4 is 12.0 Å². The van der Waals surface area contributed by atoms with Crippen LogP contribution in [0.25, 0.3) is 6.08 Å². The van der Waals surface area contributed by atoms with Crippen LogP contribution in [0, 0.1) is 0 Å². The van der Waals surface area contributed by atoms with E-state index in [0.717, 1.165) is 0 Å². The maximum absolute atomic E-state index is 12.0. The van der Waals surface area contributed by atoms with Gasteiger partial charge >= 0.3 is 0 Å². The predicted molar refractivity (Wildman–Crippen MR) is 93.0 cm³/mol. The van der Waals surface area contributed by atoms with Crippen molar-refractivity contribution < 1.29 is 28.5 Å². The highest BCUT2D eigenvalue weighted by atomic mass is 16.7. The molecule has 2 rings (SSSR count). The van der Waals surface area contributed by atoms with Gasteiger partial charge in [0.05, 0.1) is 27.9 Å². The molecule has 1 fully saturated rings. The summed E-state index contributed by atoms with van der Waals surface area (Å²) in [5.41, 5.74) is 0.705. The Hall–Kier alpha value is -2.25. The Bertz CT molecular complexity index is 641. The number of amides is 1. The van der Waals surface area contributed by atoms with E-state index >= 15 is 0 Å². The Kier molecular flexibility index (Phi) is 6.27. The second-order valence-electron chi connectivity index (χ2n) is 5.95. The fraction of sp³-hybridized carbons (Fsp3) is 0.500. The molecule has 1 aromatic carbocycles. The van der Waals surface area contributed by atoms with Crippen LogP contribution in [0.3, 0.4) is 0 Å². The molecular weight excluding hydrogens is 326 g/mol. The van der Waals surface area contributed by atoms with Crippen LogP contribution in [0.2, 0.25) is 0 Å². The first kappa shape index (κ1) is 19.1. The number of rotatable bonds is 7. The molecule has 1 heterocycles. The third kappa shape index (κ3) is 4.87. The lowest BCUT2D eigenvalue weighted by molar-refractivity contribution is -0.139. The summed E-state index contributed by atoms with van der Waals surface area (Å²) in [6.45, 7) is 4.53. The maximum Gasteiger partial charge on any atom is 0.244 e. The number of carbonyl (C=O) groups excluding carboxylic acids is 1. The topological polar surface area (TPSA) is 75.3 Å². The zero-order chi connectivity index (χ0) is 18.4. The van der Waals surface area contributed by atoms with E-state index in [1.54, 1.807) is 25.3 Å². The molecular formula is C18H25NO6. The molecule has 0 bridgehead atoms. The van der Waals surface area contributed by atoms with Gasteiger partial charge in [0.2, 0.25) is 11.7 Å². The van der Waals surface area contributed by atoms with E-state index < -0.39 is 5.79 Å². The first-order valence-electron chi connectivity index (χ1n) is 7.97. The van der Waals surface area contributed by atoms with E-state index in [1.807, 2.05) is 13.8 Å². The Morgan fingerprint density at radius 3 is 2.52 bits per heavy atom. The van der Waals surface area contributed by atoms with Gasteiger partial charge in [0.25, 0.3) is 0 Å². The Morgan fingerprint density at radius 2 is 1.96 bits per heavy atom. The Morgan fingerprint density at radius 1 is 1.24 bits per heavy atom. The third-order valence-corrected chi connectivity index (χ3v) is 3.72. The molecule has 1 saturated heterocycles. The van der Waals surface area contributed by atoms with E-state index in [4.69, 9.17) is 23.7 Å². The van der Waals surface area contributed by atoms with Crippen LogP contribution in [0.5, 0.6) is 17.2 Å². The number of hydrogen-bond acceptors (Lipinski definition) is 6. The summed E-state index contributed by atoms with van der Waals surface area (Å²) in [6.07, 6.45) is 2.94. The molecule has 1 aliphatic rings. The fourth-order valence-electron chi connectivity index (χ4n) is 2.56. The highest BCUT2D eigenvalue weighted by Crippen LogP contribution is 2.40. The largest absolute Gasteiger partial charge is 0.493 e. The summed E-state index contributed by atoms with van der Waals surface area (Å²) in [4.78, 5) is 12.0. The van der Waals surface area contributed by atoms with Crippen molar-refractivity contribution in [2.45, 2.75) is 25.7 Å². The lowest BCUT2D eigenvalue weighted by Crippen LogP contribution is -2.33. The fourth-order valence-corrected chi connectivity index (χ4v) is 2.56. The Balaban J connectivity index is 2.00. The van der Waals surface area contributed by atoms with Gasteiger partial charge in [0, 0.05) is 18.2 Å². The van der Waals surface area contributed by atoms with Gasteiger partial charge in [-0.3, -0.25) is 4.79 Å². The van der Waals surface area contributed by atoms with Gasteiger partial charge in [-0.2, -0.15) is 0 Å². The number of nitrogens with one attached hydrogen (secondary N) is 1. The van der Waals surface area contributed by atoms with Crippen molar-refractivity contribution in [3.8, 4) is 17.2 Å². The molecule has 0 aliphatic carbocycles. The number of methoxy groups -OCH3 is 3. The molecule has 1 amide bonds. The van der Waals surface area contributed by atoms with Gasteiger partial charge in [-0.25, -0.2) is 0 Å². The standard InChI is InChI=1S/C18H25NO6/c1-18(2)24-11-13(25-18)10-19-15(20)9-7-12-6-8-14(21-3)17(23-5)16(12)22-4/h6-9,13H,10-11H2,1-5H3,(H,19,20). The lowest BCUT2D eigenvalue weighted by atomic mass is 10.1. The second kappa shape index (κ2) is 8.22. The predicted octanol–water partition coefficient (Wildman–Crippen LogP) is 1.99. The zero-order valence-corrected chi connectivity index (χ0v) is 15.3. The molecule has 1 atom stereocenters. The monoisotopic (exact) mass is 351 g/mol. The van der Waals surface area contributed by atoms with E-state index in [9.17, 15) is 4.79 Å². The van der Waals surface area contributed by atoms with E-state index in [-0.39, 0.29) is 12.0 Å². The van der Waals surface area contributed by atoms with Crippen LogP contribution in [0.15, 0.2) is 18.2 Å². The van der Waals surface area contributed by atoms with Crippen LogP contribution in [-0.2, 0) is 14.3 Å². The smallest absolute Gasteiger partial charge is 0.244 e. The van der Waals surface area contributed by atoms with Crippen molar-refractivity contribution in [1.82, 2.24) is 5.32 Å². The number of benzene rings is 1. The molecule has 138 valence electrons. The van der Waals surface area contributed by atoms with Crippen LogP contribution >= 0.6 is 0 Å². The van der Waals surface area contributed by atoms with Crippen LogP contribution in [0.1, 0.15) is 19.4 Å². The van der Waals surface area contributed by atoms with E-state index in [1.165, 1.54) is 20.3 Å². The molecule has 1 aliphatic heterocycles. The highest BCUT2D eigenvalue weighted by Gasteiger charge is 2.32. The van der Waals surface area contributed by atoms with Gasteiger partial charge in [-0.15, -0.1) is 0 Å².